The molecular formula is C15H11ClFN3O. The summed E-state index contributed by atoms with van der Waals surface area (Å²) in [5, 5.41) is 9.58. The molecule has 6 heteroatoms. The van der Waals surface area contributed by atoms with E-state index >= 15 is 0 Å². The predicted molar refractivity (Wildman–Crippen MR) is 76.9 cm³/mol. The number of rotatable bonds is 2. The van der Waals surface area contributed by atoms with Crippen molar-refractivity contribution in [2.24, 2.45) is 0 Å². The van der Waals surface area contributed by atoms with Gasteiger partial charge in [0.2, 0.25) is 5.95 Å². The number of aromatic nitrogens is 2. The number of hydrogen-bond donors (Lipinski definition) is 0. The standard InChI is InChI=1S/C15H11ClFN3O/c1-21-9-4-6-20-12(7-9)11(8-18)13(16)14(20)10-3-2-5-19-15(10)17/h2-3,5,7H,4,6H2,1H3. The minimum absolute atomic E-state index is 0.244. The van der Waals surface area contributed by atoms with Gasteiger partial charge >= 0.3 is 0 Å². The highest BCUT2D eigenvalue weighted by atomic mass is 35.5. The molecule has 1 aliphatic rings. The van der Waals surface area contributed by atoms with Crippen LogP contribution in [0.15, 0.2) is 24.1 Å². The average Bonchev–Trinajstić information content (AvgIpc) is 2.78. The second-order valence-electron chi connectivity index (χ2n) is 4.59. The highest BCUT2D eigenvalue weighted by molar-refractivity contribution is 6.34. The molecule has 0 fully saturated rings. The molecule has 3 heterocycles. The number of pyridine rings is 1. The van der Waals surface area contributed by atoms with E-state index in [2.05, 4.69) is 11.1 Å². The Morgan fingerprint density at radius 3 is 3.00 bits per heavy atom. The molecule has 1 aliphatic heterocycles. The first-order valence-electron chi connectivity index (χ1n) is 6.35. The van der Waals surface area contributed by atoms with Crippen molar-refractivity contribution in [2.45, 2.75) is 13.0 Å². The van der Waals surface area contributed by atoms with Gasteiger partial charge in [-0.3, -0.25) is 0 Å². The Hall–Kier alpha value is -2.32. The fourth-order valence-corrected chi connectivity index (χ4v) is 2.87. The largest absolute Gasteiger partial charge is 0.501 e. The quantitative estimate of drug-likeness (QED) is 0.796. The average molecular weight is 304 g/mol. The number of halogens is 2. The molecule has 3 rings (SSSR count). The Kier molecular flexibility index (Phi) is 3.40. The molecule has 0 N–H and O–H groups in total. The van der Waals surface area contributed by atoms with Gasteiger partial charge in [0.05, 0.1) is 40.4 Å². The maximum atomic E-state index is 14.0. The third-order valence-electron chi connectivity index (χ3n) is 3.51. The maximum absolute atomic E-state index is 14.0. The molecule has 0 amide bonds. The molecule has 4 nitrogen and oxygen atoms in total. The number of nitrogens with zero attached hydrogens (tertiary/aromatic N) is 3. The van der Waals surface area contributed by atoms with Gasteiger partial charge in [-0.25, -0.2) is 4.98 Å². The number of methoxy groups -OCH3 is 1. The van der Waals surface area contributed by atoms with Crippen molar-refractivity contribution < 1.29 is 9.13 Å². The lowest BCUT2D eigenvalue weighted by molar-refractivity contribution is 0.273. The van der Waals surface area contributed by atoms with E-state index in [9.17, 15) is 9.65 Å². The lowest BCUT2D eigenvalue weighted by atomic mass is 10.1. The molecule has 0 atom stereocenters. The number of fused-ring (bicyclic) bond motifs is 1. The highest BCUT2D eigenvalue weighted by Crippen LogP contribution is 2.39. The monoisotopic (exact) mass is 303 g/mol. The van der Waals surface area contributed by atoms with Crippen LogP contribution in [0.1, 0.15) is 17.7 Å². The smallest absolute Gasteiger partial charge is 0.222 e. The first-order valence-corrected chi connectivity index (χ1v) is 6.72. The lowest BCUT2D eigenvalue weighted by Gasteiger charge is -2.18. The first-order chi connectivity index (χ1) is 10.2. The van der Waals surface area contributed by atoms with Crippen LogP contribution in [-0.2, 0) is 11.3 Å². The molecule has 0 aromatic carbocycles. The Balaban J connectivity index is 2.30. The zero-order valence-electron chi connectivity index (χ0n) is 11.2. The fourth-order valence-electron chi connectivity index (χ4n) is 2.53. The van der Waals surface area contributed by atoms with E-state index in [1.165, 1.54) is 6.20 Å². The van der Waals surface area contributed by atoms with Crippen molar-refractivity contribution in [1.82, 2.24) is 9.55 Å². The van der Waals surface area contributed by atoms with E-state index in [0.29, 0.717) is 35.5 Å². The molecule has 106 valence electrons. The summed E-state index contributed by atoms with van der Waals surface area (Å²) >= 11 is 6.31. The fraction of sp³-hybridized carbons (Fsp3) is 0.200. The van der Waals surface area contributed by atoms with E-state index in [1.807, 2.05) is 4.57 Å². The predicted octanol–water partition coefficient (Wildman–Crippen LogP) is 3.61. The third-order valence-corrected chi connectivity index (χ3v) is 3.88. The zero-order chi connectivity index (χ0) is 15.0. The van der Waals surface area contributed by atoms with Crippen molar-refractivity contribution in [3.05, 3.63) is 46.3 Å². The molecule has 0 spiro atoms. The summed E-state index contributed by atoms with van der Waals surface area (Å²) in [6.07, 6.45) is 3.81. The zero-order valence-corrected chi connectivity index (χ0v) is 12.0. The minimum Gasteiger partial charge on any atom is -0.501 e. The van der Waals surface area contributed by atoms with Gasteiger partial charge in [0.25, 0.3) is 0 Å². The van der Waals surface area contributed by atoms with Gasteiger partial charge in [0.15, 0.2) is 0 Å². The van der Waals surface area contributed by atoms with Crippen molar-refractivity contribution in [3.8, 4) is 17.3 Å². The first kappa shape index (κ1) is 13.7. The summed E-state index contributed by atoms with van der Waals surface area (Å²) in [6.45, 7) is 0.570. The second kappa shape index (κ2) is 5.23. The van der Waals surface area contributed by atoms with E-state index < -0.39 is 5.95 Å². The van der Waals surface area contributed by atoms with Crippen LogP contribution in [0.2, 0.25) is 5.02 Å². The summed E-state index contributed by atoms with van der Waals surface area (Å²) in [6, 6.07) is 5.33. The van der Waals surface area contributed by atoms with Gasteiger partial charge in [-0.05, 0) is 12.1 Å². The number of allylic oxidation sites excluding steroid dienone is 1. The molecule has 0 unspecified atom stereocenters. The van der Waals surface area contributed by atoms with E-state index in [1.54, 1.807) is 25.3 Å². The molecule has 2 aromatic rings. The normalized spacial score (nSPS) is 13.3. The molecule has 0 saturated carbocycles. The van der Waals surface area contributed by atoms with Crippen LogP contribution in [0, 0.1) is 17.3 Å². The minimum atomic E-state index is -0.606. The van der Waals surface area contributed by atoms with Crippen LogP contribution in [0.5, 0.6) is 0 Å². The van der Waals surface area contributed by atoms with E-state index in [-0.39, 0.29) is 5.02 Å². The highest BCUT2D eigenvalue weighted by Gasteiger charge is 2.26. The summed E-state index contributed by atoms with van der Waals surface area (Å²) in [5.74, 6) is 0.164. The van der Waals surface area contributed by atoms with Gasteiger partial charge in [-0.2, -0.15) is 9.65 Å². The Labute approximate surface area is 126 Å². The summed E-state index contributed by atoms with van der Waals surface area (Å²) in [5.41, 5.74) is 1.74. The van der Waals surface area contributed by atoms with Gasteiger partial charge in [0, 0.05) is 25.2 Å². The summed E-state index contributed by atoms with van der Waals surface area (Å²) in [7, 11) is 1.58. The van der Waals surface area contributed by atoms with Gasteiger partial charge in [-0.15, -0.1) is 0 Å². The van der Waals surface area contributed by atoms with Crippen LogP contribution < -0.4 is 0 Å². The van der Waals surface area contributed by atoms with Crippen LogP contribution in [-0.4, -0.2) is 16.7 Å². The second-order valence-corrected chi connectivity index (χ2v) is 4.97. The topological polar surface area (TPSA) is 50.8 Å². The molecule has 0 saturated heterocycles. The van der Waals surface area contributed by atoms with E-state index in [0.717, 1.165) is 5.76 Å². The molecule has 21 heavy (non-hydrogen) atoms. The van der Waals surface area contributed by atoms with Gasteiger partial charge in [0.1, 0.15) is 6.07 Å². The Morgan fingerprint density at radius 2 is 2.33 bits per heavy atom. The molecule has 0 radical (unpaired) electrons. The van der Waals surface area contributed by atoms with E-state index in [4.69, 9.17) is 16.3 Å². The number of nitriles is 1. The third kappa shape index (κ3) is 2.08. The van der Waals surface area contributed by atoms with Crippen molar-refractivity contribution >= 4 is 17.7 Å². The molecule has 0 aliphatic carbocycles. The maximum Gasteiger partial charge on any atom is 0.222 e. The van der Waals surface area contributed by atoms with Crippen LogP contribution in [0.4, 0.5) is 4.39 Å². The van der Waals surface area contributed by atoms with Gasteiger partial charge in [-0.1, -0.05) is 11.6 Å². The molecule has 0 bridgehead atoms. The molecule has 2 aromatic heterocycles. The van der Waals surface area contributed by atoms with Crippen molar-refractivity contribution in [2.75, 3.05) is 7.11 Å². The number of ether oxygens (including phenoxy) is 1. The Bertz CT molecular complexity index is 789. The number of hydrogen-bond acceptors (Lipinski definition) is 3. The van der Waals surface area contributed by atoms with Crippen LogP contribution >= 0.6 is 11.6 Å². The SMILES string of the molecule is COC1=Cc2c(C#N)c(Cl)c(-c3cccnc3F)n2CC1. The van der Waals surface area contributed by atoms with Crippen molar-refractivity contribution in [3.63, 3.8) is 0 Å². The lowest BCUT2D eigenvalue weighted by Crippen LogP contribution is -2.10. The van der Waals surface area contributed by atoms with Gasteiger partial charge < -0.3 is 9.30 Å². The summed E-state index contributed by atoms with van der Waals surface area (Å²) in [4.78, 5) is 3.65. The Morgan fingerprint density at radius 1 is 1.52 bits per heavy atom. The summed E-state index contributed by atoms with van der Waals surface area (Å²) < 4.78 is 21.0. The molecular weight excluding hydrogens is 293 g/mol. The van der Waals surface area contributed by atoms with Crippen molar-refractivity contribution in [1.29, 1.82) is 5.26 Å². The van der Waals surface area contributed by atoms with Crippen LogP contribution in [0.25, 0.3) is 17.3 Å². The van der Waals surface area contributed by atoms with Crippen LogP contribution in [0.3, 0.4) is 0 Å².